The first kappa shape index (κ1) is 16.0. The Morgan fingerprint density at radius 3 is 1.20 bits per heavy atom. The summed E-state index contributed by atoms with van der Waals surface area (Å²) in [5, 5.41) is 0. The van der Waals surface area contributed by atoms with Gasteiger partial charge in [0.05, 0.1) is 0 Å². The Bertz CT molecular complexity index is 548. The molecule has 0 heteroatoms. The van der Waals surface area contributed by atoms with E-state index in [0.29, 0.717) is 0 Å². The molecule has 0 fully saturated rings. The minimum Gasteiger partial charge on any atom is -0.0985 e. The smallest absolute Gasteiger partial charge is 0.0260 e. The second kappa shape index (κ2) is 7.49. The van der Waals surface area contributed by atoms with Gasteiger partial charge in [0.15, 0.2) is 0 Å². The summed E-state index contributed by atoms with van der Waals surface area (Å²) in [4.78, 5) is 0. The molecule has 0 aliphatic rings. The van der Waals surface area contributed by atoms with Gasteiger partial charge in [-0.05, 0) is 61.1 Å². The Hall–Kier alpha value is -2.08. The van der Waals surface area contributed by atoms with Crippen LogP contribution in [0.1, 0.15) is 33.4 Å². The van der Waals surface area contributed by atoms with Crippen LogP contribution in [0.25, 0.3) is 12.2 Å². The summed E-state index contributed by atoms with van der Waals surface area (Å²) in [6, 6.07) is 12.7. The van der Waals surface area contributed by atoms with E-state index in [1.54, 1.807) is 0 Å². The predicted molar refractivity (Wildman–Crippen MR) is 92.0 cm³/mol. The summed E-state index contributed by atoms with van der Waals surface area (Å²) in [5.74, 6) is 0. The zero-order valence-electron chi connectivity index (χ0n) is 13.0. The fourth-order valence-corrected chi connectivity index (χ4v) is 1.78. The van der Waals surface area contributed by atoms with Crippen molar-refractivity contribution in [3.05, 3.63) is 82.9 Å². The molecule has 0 atom stereocenters. The molecule has 2 aromatic rings. The highest BCUT2D eigenvalue weighted by Gasteiger charge is 1.91. The quantitative estimate of drug-likeness (QED) is 0.634. The van der Waals surface area contributed by atoms with Gasteiger partial charge >= 0.3 is 0 Å². The van der Waals surface area contributed by atoms with E-state index in [0.717, 1.165) is 0 Å². The Labute approximate surface area is 123 Å². The number of hydrogen-bond acceptors (Lipinski definition) is 0. The van der Waals surface area contributed by atoms with Crippen molar-refractivity contribution in [2.75, 3.05) is 0 Å². The van der Waals surface area contributed by atoms with Crippen LogP contribution in [0.15, 0.2) is 49.6 Å². The molecule has 0 nitrogen and oxygen atoms in total. The zero-order valence-corrected chi connectivity index (χ0v) is 13.0. The molecule has 0 N–H and O–H groups in total. The van der Waals surface area contributed by atoms with Crippen molar-refractivity contribution in [1.82, 2.24) is 0 Å². The molecular weight excluding hydrogens is 240 g/mol. The van der Waals surface area contributed by atoms with Crippen molar-refractivity contribution in [2.45, 2.75) is 27.7 Å². The van der Waals surface area contributed by atoms with Gasteiger partial charge in [-0.3, -0.25) is 0 Å². The summed E-state index contributed by atoms with van der Waals surface area (Å²) in [7, 11) is 0. The van der Waals surface area contributed by atoms with Crippen LogP contribution in [0.5, 0.6) is 0 Å². The SMILES string of the molecule is C=Cc1ccc(C)c(C)c1.C=Cc1ccc(C)c(C)c1. The van der Waals surface area contributed by atoms with Crippen LogP contribution in [-0.4, -0.2) is 0 Å². The molecule has 0 spiro atoms. The summed E-state index contributed by atoms with van der Waals surface area (Å²) >= 11 is 0. The fraction of sp³-hybridized carbons (Fsp3) is 0.200. The van der Waals surface area contributed by atoms with Crippen molar-refractivity contribution in [3.63, 3.8) is 0 Å². The molecule has 0 unspecified atom stereocenters. The van der Waals surface area contributed by atoms with Crippen LogP contribution in [-0.2, 0) is 0 Å². The lowest BCUT2D eigenvalue weighted by Crippen LogP contribution is -1.80. The number of benzene rings is 2. The van der Waals surface area contributed by atoms with Gasteiger partial charge in [-0.15, -0.1) is 0 Å². The van der Waals surface area contributed by atoms with Crippen molar-refractivity contribution in [2.24, 2.45) is 0 Å². The molecule has 2 aromatic carbocycles. The van der Waals surface area contributed by atoms with Gasteiger partial charge in [0.25, 0.3) is 0 Å². The molecular formula is C20H24. The maximum Gasteiger partial charge on any atom is -0.0260 e. The Balaban J connectivity index is 0.000000200. The topological polar surface area (TPSA) is 0 Å². The minimum atomic E-state index is 1.20. The molecule has 104 valence electrons. The highest BCUT2D eigenvalue weighted by Crippen LogP contribution is 2.10. The van der Waals surface area contributed by atoms with Crippen LogP contribution in [0.2, 0.25) is 0 Å². The normalized spacial score (nSPS) is 9.40. The second-order valence-corrected chi connectivity index (χ2v) is 5.10. The molecule has 0 heterocycles. The molecule has 20 heavy (non-hydrogen) atoms. The maximum atomic E-state index is 3.70. The third kappa shape index (κ3) is 4.55. The summed E-state index contributed by atoms with van der Waals surface area (Å²) in [5.41, 5.74) is 7.73. The zero-order chi connectivity index (χ0) is 15.1. The Morgan fingerprint density at radius 1 is 0.600 bits per heavy atom. The lowest BCUT2D eigenvalue weighted by molar-refractivity contribution is 1.33. The van der Waals surface area contributed by atoms with E-state index in [1.165, 1.54) is 33.4 Å². The van der Waals surface area contributed by atoms with E-state index < -0.39 is 0 Å². The monoisotopic (exact) mass is 264 g/mol. The van der Waals surface area contributed by atoms with Gasteiger partial charge in [-0.1, -0.05) is 61.7 Å². The molecule has 0 aliphatic heterocycles. The van der Waals surface area contributed by atoms with Crippen molar-refractivity contribution < 1.29 is 0 Å². The van der Waals surface area contributed by atoms with Crippen LogP contribution in [0.4, 0.5) is 0 Å². The first-order valence-electron chi connectivity index (χ1n) is 6.87. The van der Waals surface area contributed by atoms with E-state index in [9.17, 15) is 0 Å². The maximum absolute atomic E-state index is 3.70. The first-order valence-corrected chi connectivity index (χ1v) is 6.87. The third-order valence-electron chi connectivity index (χ3n) is 3.53. The van der Waals surface area contributed by atoms with Crippen molar-refractivity contribution in [1.29, 1.82) is 0 Å². The summed E-state index contributed by atoms with van der Waals surface area (Å²) in [6.07, 6.45) is 3.74. The van der Waals surface area contributed by atoms with Gasteiger partial charge in [0, 0.05) is 0 Å². The number of hydrogen-bond donors (Lipinski definition) is 0. The van der Waals surface area contributed by atoms with Crippen LogP contribution < -0.4 is 0 Å². The van der Waals surface area contributed by atoms with Crippen molar-refractivity contribution >= 4 is 12.2 Å². The summed E-state index contributed by atoms with van der Waals surface area (Å²) < 4.78 is 0. The van der Waals surface area contributed by atoms with Crippen LogP contribution >= 0.6 is 0 Å². The van der Waals surface area contributed by atoms with Gasteiger partial charge in [0.1, 0.15) is 0 Å². The van der Waals surface area contributed by atoms with Crippen LogP contribution in [0.3, 0.4) is 0 Å². The Morgan fingerprint density at radius 2 is 0.950 bits per heavy atom. The van der Waals surface area contributed by atoms with E-state index in [2.05, 4.69) is 77.3 Å². The van der Waals surface area contributed by atoms with Gasteiger partial charge < -0.3 is 0 Å². The average Bonchev–Trinajstić information content (AvgIpc) is 2.45. The fourth-order valence-electron chi connectivity index (χ4n) is 1.78. The highest BCUT2D eigenvalue weighted by molar-refractivity contribution is 5.50. The Kier molecular flexibility index (Phi) is 5.99. The van der Waals surface area contributed by atoms with E-state index in [-0.39, 0.29) is 0 Å². The largest absolute Gasteiger partial charge is 0.0985 e. The molecule has 0 aliphatic carbocycles. The van der Waals surface area contributed by atoms with Gasteiger partial charge in [0.2, 0.25) is 0 Å². The minimum absolute atomic E-state index is 1.20. The van der Waals surface area contributed by atoms with Gasteiger partial charge in [-0.25, -0.2) is 0 Å². The molecule has 0 amide bonds. The lowest BCUT2D eigenvalue weighted by atomic mass is 10.1. The number of aryl methyl sites for hydroxylation is 4. The van der Waals surface area contributed by atoms with Crippen molar-refractivity contribution in [3.8, 4) is 0 Å². The molecule has 0 saturated carbocycles. The second-order valence-electron chi connectivity index (χ2n) is 5.10. The first-order chi connectivity index (χ1) is 9.47. The molecule has 2 rings (SSSR count). The number of rotatable bonds is 2. The van der Waals surface area contributed by atoms with Crippen LogP contribution in [0, 0.1) is 27.7 Å². The molecule has 0 saturated heterocycles. The van der Waals surface area contributed by atoms with Gasteiger partial charge in [-0.2, -0.15) is 0 Å². The molecule has 0 bridgehead atoms. The molecule has 0 aromatic heterocycles. The summed E-state index contributed by atoms with van der Waals surface area (Å²) in [6.45, 7) is 15.9. The third-order valence-corrected chi connectivity index (χ3v) is 3.53. The highest BCUT2D eigenvalue weighted by atomic mass is 14.0. The van der Waals surface area contributed by atoms with E-state index in [4.69, 9.17) is 0 Å². The predicted octanol–water partition coefficient (Wildman–Crippen LogP) is 5.89. The lowest BCUT2D eigenvalue weighted by Gasteiger charge is -1.99. The van der Waals surface area contributed by atoms with E-state index in [1.807, 2.05) is 12.2 Å². The van der Waals surface area contributed by atoms with E-state index >= 15 is 0 Å². The average molecular weight is 264 g/mol. The standard InChI is InChI=1S/2C10H12/c2*1-4-10-6-5-8(2)9(3)7-10/h2*4-7H,1H2,2-3H3. The molecule has 0 radical (unpaired) electrons.